The summed E-state index contributed by atoms with van der Waals surface area (Å²) >= 11 is 0. The van der Waals surface area contributed by atoms with Gasteiger partial charge in [-0.15, -0.1) is 0 Å². The Morgan fingerprint density at radius 1 is 1.02 bits per heavy atom. The summed E-state index contributed by atoms with van der Waals surface area (Å²) in [7, 11) is 0. The topological polar surface area (TPSA) is 125 Å². The number of benzene rings is 2. The fourth-order valence-corrected chi connectivity index (χ4v) is 7.10. The zero-order chi connectivity index (χ0) is 35.0. The number of hydrogen-bond donors (Lipinski definition) is 4. The number of carbonyl (C=O) groups is 2. The van der Waals surface area contributed by atoms with Crippen LogP contribution in [0.4, 0.5) is 5.69 Å². The van der Waals surface area contributed by atoms with Crippen molar-refractivity contribution in [2.24, 2.45) is 0 Å². The fourth-order valence-electron chi connectivity index (χ4n) is 7.10. The highest BCUT2D eigenvalue weighted by Crippen LogP contribution is 2.31. The molecule has 11 nitrogen and oxygen atoms in total. The van der Waals surface area contributed by atoms with E-state index in [9.17, 15) is 9.59 Å². The molecule has 0 spiro atoms. The third kappa shape index (κ3) is 8.69. The van der Waals surface area contributed by atoms with Gasteiger partial charge in [0.15, 0.2) is 5.65 Å². The zero-order valence-electron chi connectivity index (χ0n) is 30.0. The van der Waals surface area contributed by atoms with Crippen molar-refractivity contribution in [2.75, 3.05) is 38.2 Å². The summed E-state index contributed by atoms with van der Waals surface area (Å²) in [5, 5.41) is 18.7. The van der Waals surface area contributed by atoms with Crippen LogP contribution in [0.15, 0.2) is 48.7 Å². The Hall–Kier alpha value is -4.32. The first kappa shape index (κ1) is 35.5. The summed E-state index contributed by atoms with van der Waals surface area (Å²) in [5.74, 6) is -0.642. The van der Waals surface area contributed by atoms with Crippen molar-refractivity contribution < 1.29 is 14.3 Å². The van der Waals surface area contributed by atoms with E-state index in [0.717, 1.165) is 97.9 Å². The second kappa shape index (κ2) is 16.6. The lowest BCUT2D eigenvalue weighted by Crippen LogP contribution is -2.48. The molecule has 50 heavy (non-hydrogen) atoms. The molecule has 2 aliphatic heterocycles. The highest BCUT2D eigenvalue weighted by molar-refractivity contribution is 5.97. The SMILES string of the molecule is CCc1nc2c(cnn2CC)c(NC2CCOCC2)c1CNC(=O)CC(=O)NCc1ccc(C)c(-c2cccc(CN3CCN[C@@H](C)C3)c2)c1. The van der Waals surface area contributed by atoms with Crippen LogP contribution in [-0.4, -0.2) is 76.4 Å². The number of aromatic nitrogens is 3. The lowest BCUT2D eigenvalue weighted by Gasteiger charge is -2.31. The maximum atomic E-state index is 13.1. The molecule has 4 heterocycles. The molecular weight excluding hydrogens is 628 g/mol. The molecule has 0 bridgehead atoms. The van der Waals surface area contributed by atoms with Crippen molar-refractivity contribution in [3.63, 3.8) is 0 Å². The van der Waals surface area contributed by atoms with Gasteiger partial charge in [0.2, 0.25) is 11.8 Å². The van der Waals surface area contributed by atoms with Gasteiger partial charge in [0.05, 0.1) is 17.3 Å². The van der Waals surface area contributed by atoms with Gasteiger partial charge in [-0.25, -0.2) is 9.67 Å². The molecule has 6 rings (SSSR count). The van der Waals surface area contributed by atoms with Crippen molar-refractivity contribution >= 4 is 28.5 Å². The second-order valence-electron chi connectivity index (χ2n) is 13.7. The van der Waals surface area contributed by atoms with E-state index in [1.807, 2.05) is 16.9 Å². The highest BCUT2D eigenvalue weighted by atomic mass is 16.5. The Kier molecular flexibility index (Phi) is 11.8. The summed E-state index contributed by atoms with van der Waals surface area (Å²) in [5.41, 5.74) is 9.43. The van der Waals surface area contributed by atoms with Gasteiger partial charge in [0.25, 0.3) is 0 Å². The third-order valence-corrected chi connectivity index (χ3v) is 9.85. The quantitative estimate of drug-likeness (QED) is 0.150. The van der Waals surface area contributed by atoms with E-state index in [0.29, 0.717) is 19.0 Å². The Morgan fingerprint density at radius 3 is 2.58 bits per heavy atom. The van der Waals surface area contributed by atoms with Crippen molar-refractivity contribution in [3.8, 4) is 11.1 Å². The van der Waals surface area contributed by atoms with E-state index in [1.165, 1.54) is 16.7 Å². The first-order valence-corrected chi connectivity index (χ1v) is 18.2. The van der Waals surface area contributed by atoms with E-state index < -0.39 is 0 Å². The molecule has 2 aromatic carbocycles. The first-order chi connectivity index (χ1) is 24.3. The minimum Gasteiger partial charge on any atom is -0.381 e. The smallest absolute Gasteiger partial charge is 0.229 e. The number of anilines is 1. The lowest BCUT2D eigenvalue weighted by molar-refractivity contribution is -0.129. The Balaban J connectivity index is 1.07. The van der Waals surface area contributed by atoms with Crippen molar-refractivity contribution in [1.29, 1.82) is 0 Å². The van der Waals surface area contributed by atoms with Crippen LogP contribution in [0.3, 0.4) is 0 Å². The summed E-state index contributed by atoms with van der Waals surface area (Å²) in [6.45, 7) is 15.3. The molecule has 1 atom stereocenters. The molecule has 2 aromatic heterocycles. The van der Waals surface area contributed by atoms with Crippen molar-refractivity contribution in [1.82, 2.24) is 35.6 Å². The predicted molar refractivity (Wildman–Crippen MR) is 198 cm³/mol. The van der Waals surface area contributed by atoms with Crippen LogP contribution in [0.25, 0.3) is 22.2 Å². The number of rotatable bonds is 13. The molecule has 0 saturated carbocycles. The summed E-state index contributed by atoms with van der Waals surface area (Å²) < 4.78 is 7.48. The van der Waals surface area contributed by atoms with Crippen LogP contribution in [0.2, 0.25) is 0 Å². The van der Waals surface area contributed by atoms with Crippen LogP contribution in [0.1, 0.15) is 68.0 Å². The minimum atomic E-state index is -0.328. The van der Waals surface area contributed by atoms with Gasteiger partial charge in [-0.1, -0.05) is 37.3 Å². The molecule has 2 fully saturated rings. The molecule has 4 N–H and O–H groups in total. The van der Waals surface area contributed by atoms with Gasteiger partial charge in [-0.3, -0.25) is 14.5 Å². The molecule has 2 amide bonds. The maximum Gasteiger partial charge on any atom is 0.229 e. The van der Waals surface area contributed by atoms with Gasteiger partial charge >= 0.3 is 0 Å². The number of aryl methyl sites for hydroxylation is 3. The molecule has 2 saturated heterocycles. The van der Waals surface area contributed by atoms with Gasteiger partial charge in [-0.2, -0.15) is 5.10 Å². The third-order valence-electron chi connectivity index (χ3n) is 9.85. The van der Waals surface area contributed by atoms with Crippen LogP contribution in [-0.2, 0) is 46.9 Å². The molecule has 266 valence electrons. The van der Waals surface area contributed by atoms with E-state index in [1.54, 1.807) is 0 Å². The Bertz CT molecular complexity index is 1800. The largest absolute Gasteiger partial charge is 0.381 e. The normalized spacial score (nSPS) is 17.2. The Morgan fingerprint density at radius 2 is 1.82 bits per heavy atom. The van der Waals surface area contributed by atoms with Gasteiger partial charge in [0, 0.05) is 82.4 Å². The second-order valence-corrected chi connectivity index (χ2v) is 13.7. The first-order valence-electron chi connectivity index (χ1n) is 18.2. The minimum absolute atomic E-state index is 0.251. The number of amides is 2. The van der Waals surface area contributed by atoms with Crippen LogP contribution >= 0.6 is 0 Å². The zero-order valence-corrected chi connectivity index (χ0v) is 30.0. The number of pyridine rings is 1. The molecule has 11 heteroatoms. The summed E-state index contributed by atoms with van der Waals surface area (Å²) in [6.07, 6.45) is 4.12. The number of piperazine rings is 1. The van der Waals surface area contributed by atoms with Crippen molar-refractivity contribution in [2.45, 2.75) is 91.6 Å². The van der Waals surface area contributed by atoms with Crippen LogP contribution < -0.4 is 21.3 Å². The average Bonchev–Trinajstić information content (AvgIpc) is 3.54. The number of nitrogens with zero attached hydrogens (tertiary/aromatic N) is 4. The number of fused-ring (bicyclic) bond motifs is 1. The molecule has 0 aliphatic carbocycles. The monoisotopic (exact) mass is 680 g/mol. The van der Waals surface area contributed by atoms with Gasteiger partial charge in [0.1, 0.15) is 6.42 Å². The highest BCUT2D eigenvalue weighted by Gasteiger charge is 2.22. The van der Waals surface area contributed by atoms with Crippen LogP contribution in [0, 0.1) is 6.92 Å². The van der Waals surface area contributed by atoms with E-state index >= 15 is 0 Å². The number of carbonyl (C=O) groups excluding carboxylic acids is 2. The summed E-state index contributed by atoms with van der Waals surface area (Å²) in [6, 6.07) is 15.8. The average molecular weight is 681 g/mol. The fraction of sp³-hybridized carbons (Fsp3) is 0.487. The standard InChI is InChI=1S/C39H52N8O3/c1-5-35-33(38(44-31-12-16-50-17-13-31)34-23-43-47(6-2)39(34)45-35)22-42-37(49)20-36(48)41-21-28-11-10-26(3)32(19-28)30-9-7-8-29(18-30)25-46-15-14-40-27(4)24-46/h7-11,18-19,23,27,31,40H,5-6,12-17,20-22,24-25H2,1-4H3,(H,41,48)(H,42,49)(H,44,45)/t27-/m0/s1. The van der Waals surface area contributed by atoms with E-state index in [-0.39, 0.29) is 30.8 Å². The van der Waals surface area contributed by atoms with Crippen molar-refractivity contribution in [3.05, 3.63) is 76.6 Å². The van der Waals surface area contributed by atoms with E-state index in [2.05, 4.69) is 95.4 Å². The number of ether oxygens (including phenoxy) is 1. The Labute approximate surface area is 295 Å². The molecule has 4 aromatic rings. The lowest BCUT2D eigenvalue weighted by atomic mass is 9.96. The number of nitrogens with one attached hydrogen (secondary N) is 4. The van der Waals surface area contributed by atoms with Crippen LogP contribution in [0.5, 0.6) is 0 Å². The summed E-state index contributed by atoms with van der Waals surface area (Å²) in [4.78, 5) is 33.5. The van der Waals surface area contributed by atoms with Gasteiger partial charge in [-0.05, 0) is 80.0 Å². The molecule has 2 aliphatic rings. The molecule has 0 radical (unpaired) electrons. The van der Waals surface area contributed by atoms with Gasteiger partial charge < -0.3 is 26.0 Å². The molecular formula is C39H52N8O3. The van der Waals surface area contributed by atoms with E-state index in [4.69, 9.17) is 9.72 Å². The molecule has 0 unspecified atom stereocenters. The predicted octanol–water partition coefficient (Wildman–Crippen LogP) is 4.70. The maximum absolute atomic E-state index is 13.1. The number of hydrogen-bond acceptors (Lipinski definition) is 8.